The summed E-state index contributed by atoms with van der Waals surface area (Å²) in [5.41, 5.74) is 0. The van der Waals surface area contributed by atoms with Crippen molar-refractivity contribution < 1.29 is 14.3 Å². The van der Waals surface area contributed by atoms with E-state index < -0.39 is 6.04 Å². The fourth-order valence-corrected chi connectivity index (χ4v) is 2.57. The van der Waals surface area contributed by atoms with Crippen molar-refractivity contribution in [1.82, 2.24) is 4.90 Å². The van der Waals surface area contributed by atoms with E-state index in [9.17, 15) is 9.59 Å². The highest BCUT2D eigenvalue weighted by Gasteiger charge is 2.36. The van der Waals surface area contributed by atoms with Crippen LogP contribution in [0.3, 0.4) is 0 Å². The first-order valence-corrected chi connectivity index (χ1v) is 7.24. The molecule has 1 aliphatic carbocycles. The molecule has 0 aromatic heterocycles. The summed E-state index contributed by atoms with van der Waals surface area (Å²) in [5, 5.41) is 0. The largest absolute Gasteiger partial charge is 0.464 e. The van der Waals surface area contributed by atoms with Gasteiger partial charge in [-0.3, -0.25) is 4.79 Å². The second kappa shape index (κ2) is 5.87. The first kappa shape index (κ1) is 13.6. The van der Waals surface area contributed by atoms with Gasteiger partial charge in [0.05, 0.1) is 6.61 Å². The maximum absolute atomic E-state index is 12.0. The summed E-state index contributed by atoms with van der Waals surface area (Å²) in [6.07, 6.45) is 5.40. The minimum atomic E-state index is -0.401. The summed E-state index contributed by atoms with van der Waals surface area (Å²) in [4.78, 5) is 25.6. The molecule has 1 unspecified atom stereocenters. The number of carbonyl (C=O) groups is 2. The Bertz CT molecular complexity index is 376. The molecule has 2 aliphatic rings. The number of rotatable bonds is 5. The quantitative estimate of drug-likeness (QED) is 0.731. The lowest BCUT2D eigenvalue weighted by molar-refractivity contribution is -0.154. The fourth-order valence-electron chi connectivity index (χ4n) is 2.19. The van der Waals surface area contributed by atoms with E-state index in [0.717, 1.165) is 30.2 Å². The molecule has 18 heavy (non-hydrogen) atoms. The zero-order valence-electron chi connectivity index (χ0n) is 10.5. The van der Waals surface area contributed by atoms with Crippen LogP contribution in [0.25, 0.3) is 0 Å². The smallest absolute Gasteiger partial charge is 0.328 e. The molecule has 0 aromatic rings. The van der Waals surface area contributed by atoms with Gasteiger partial charge in [0.2, 0.25) is 5.91 Å². The van der Waals surface area contributed by atoms with Gasteiger partial charge in [-0.15, -0.1) is 0 Å². The molecule has 1 saturated carbocycles. The molecule has 1 atom stereocenters. The van der Waals surface area contributed by atoms with E-state index in [4.69, 9.17) is 4.74 Å². The molecule has 0 radical (unpaired) electrons. The minimum Gasteiger partial charge on any atom is -0.464 e. The molecule has 0 aromatic carbocycles. The summed E-state index contributed by atoms with van der Waals surface area (Å²) in [5.74, 6) is 0.234. The van der Waals surface area contributed by atoms with Crippen molar-refractivity contribution in [1.29, 1.82) is 0 Å². The van der Waals surface area contributed by atoms with Crippen LogP contribution < -0.4 is 0 Å². The van der Waals surface area contributed by atoms with Crippen LogP contribution >= 0.6 is 15.9 Å². The van der Waals surface area contributed by atoms with E-state index in [1.807, 2.05) is 0 Å². The SMILES string of the molecule is CCOC(=O)C(CC1CC1)N1CCC(Br)=CC1=O. The number of nitrogens with zero attached hydrogens (tertiary/aromatic N) is 1. The van der Waals surface area contributed by atoms with Gasteiger partial charge in [0.25, 0.3) is 0 Å². The highest BCUT2D eigenvalue weighted by molar-refractivity contribution is 9.11. The summed E-state index contributed by atoms with van der Waals surface area (Å²) in [6, 6.07) is -0.401. The van der Waals surface area contributed by atoms with Crippen LogP contribution in [0.1, 0.15) is 32.6 Å². The predicted octanol–water partition coefficient (Wildman–Crippen LogP) is 2.23. The third-order valence-electron chi connectivity index (χ3n) is 3.34. The molecule has 0 saturated heterocycles. The van der Waals surface area contributed by atoms with E-state index in [-0.39, 0.29) is 11.9 Å². The number of carbonyl (C=O) groups excluding carboxylic acids is 2. The zero-order chi connectivity index (χ0) is 13.1. The molecule has 1 aliphatic heterocycles. The molecule has 4 nitrogen and oxygen atoms in total. The lowest BCUT2D eigenvalue weighted by Gasteiger charge is -2.31. The molecule has 0 spiro atoms. The second-order valence-corrected chi connectivity index (χ2v) is 5.84. The van der Waals surface area contributed by atoms with E-state index >= 15 is 0 Å². The van der Waals surface area contributed by atoms with Crippen LogP contribution in [-0.4, -0.2) is 36.0 Å². The summed E-state index contributed by atoms with van der Waals surface area (Å²) >= 11 is 3.33. The Balaban J connectivity index is 2.07. The van der Waals surface area contributed by atoms with Crippen molar-refractivity contribution in [2.45, 2.75) is 38.6 Å². The third kappa shape index (κ3) is 3.34. The van der Waals surface area contributed by atoms with Crippen LogP contribution in [-0.2, 0) is 14.3 Å². The average Bonchev–Trinajstić information content (AvgIpc) is 3.11. The van der Waals surface area contributed by atoms with E-state index in [0.29, 0.717) is 19.1 Å². The van der Waals surface area contributed by atoms with Gasteiger partial charge in [-0.2, -0.15) is 0 Å². The van der Waals surface area contributed by atoms with Crippen molar-refractivity contribution in [3.63, 3.8) is 0 Å². The topological polar surface area (TPSA) is 46.6 Å². The Labute approximate surface area is 115 Å². The summed E-state index contributed by atoms with van der Waals surface area (Å²) in [6.45, 7) is 2.74. The van der Waals surface area contributed by atoms with E-state index in [2.05, 4.69) is 15.9 Å². The van der Waals surface area contributed by atoms with Crippen LogP contribution in [0, 0.1) is 5.92 Å². The van der Waals surface area contributed by atoms with E-state index in [1.165, 1.54) is 0 Å². The minimum absolute atomic E-state index is 0.0909. The maximum atomic E-state index is 12.0. The second-order valence-electron chi connectivity index (χ2n) is 4.82. The first-order chi connectivity index (χ1) is 8.61. The third-order valence-corrected chi connectivity index (χ3v) is 3.97. The molecule has 1 fully saturated rings. The van der Waals surface area contributed by atoms with Crippen molar-refractivity contribution in [2.75, 3.05) is 13.2 Å². The molecule has 1 amide bonds. The van der Waals surface area contributed by atoms with Crippen LogP contribution in [0.4, 0.5) is 0 Å². The Morgan fingerprint density at radius 2 is 2.33 bits per heavy atom. The summed E-state index contributed by atoms with van der Waals surface area (Å²) < 4.78 is 6.00. The number of esters is 1. The van der Waals surface area contributed by atoms with Gasteiger partial charge in [-0.1, -0.05) is 28.8 Å². The standard InChI is InChI=1S/C13H18BrNO3/c1-2-18-13(17)11(7-9-3-4-9)15-6-5-10(14)8-12(15)16/h8-9,11H,2-7H2,1H3. The van der Waals surface area contributed by atoms with Gasteiger partial charge in [0.15, 0.2) is 0 Å². The number of hydrogen-bond acceptors (Lipinski definition) is 3. The van der Waals surface area contributed by atoms with Crippen LogP contribution in [0.5, 0.6) is 0 Å². The van der Waals surface area contributed by atoms with Gasteiger partial charge in [0.1, 0.15) is 6.04 Å². The molecular weight excluding hydrogens is 298 g/mol. The number of hydrogen-bond donors (Lipinski definition) is 0. The average molecular weight is 316 g/mol. The predicted molar refractivity (Wildman–Crippen MR) is 71.1 cm³/mol. The Morgan fingerprint density at radius 3 is 2.89 bits per heavy atom. The van der Waals surface area contributed by atoms with Crippen molar-refractivity contribution in [3.05, 3.63) is 10.6 Å². The molecule has 0 bridgehead atoms. The molecule has 1 heterocycles. The molecule has 5 heteroatoms. The Hall–Kier alpha value is -0.840. The Kier molecular flexibility index (Phi) is 4.43. The van der Waals surface area contributed by atoms with Crippen LogP contribution in [0.2, 0.25) is 0 Å². The summed E-state index contributed by atoms with van der Waals surface area (Å²) in [7, 11) is 0. The lowest BCUT2D eigenvalue weighted by atomic mass is 10.1. The van der Waals surface area contributed by atoms with Crippen molar-refractivity contribution in [2.24, 2.45) is 5.92 Å². The van der Waals surface area contributed by atoms with Gasteiger partial charge in [-0.25, -0.2) is 4.79 Å². The molecular formula is C13H18BrNO3. The van der Waals surface area contributed by atoms with Gasteiger partial charge in [-0.05, 0) is 25.7 Å². The first-order valence-electron chi connectivity index (χ1n) is 6.45. The molecule has 2 rings (SSSR count). The van der Waals surface area contributed by atoms with Gasteiger partial charge in [0, 0.05) is 17.1 Å². The highest BCUT2D eigenvalue weighted by Crippen LogP contribution is 2.35. The zero-order valence-corrected chi connectivity index (χ0v) is 12.1. The van der Waals surface area contributed by atoms with Crippen LogP contribution in [0.15, 0.2) is 10.6 Å². The van der Waals surface area contributed by atoms with Gasteiger partial charge >= 0.3 is 5.97 Å². The number of ether oxygens (including phenoxy) is 1. The van der Waals surface area contributed by atoms with Gasteiger partial charge < -0.3 is 9.64 Å². The number of amides is 1. The monoisotopic (exact) mass is 315 g/mol. The van der Waals surface area contributed by atoms with E-state index in [1.54, 1.807) is 17.9 Å². The lowest BCUT2D eigenvalue weighted by Crippen LogP contribution is -2.47. The fraction of sp³-hybridized carbons (Fsp3) is 0.692. The van der Waals surface area contributed by atoms with Crippen molar-refractivity contribution in [3.8, 4) is 0 Å². The molecule has 0 N–H and O–H groups in total. The van der Waals surface area contributed by atoms with Crippen molar-refractivity contribution >= 4 is 27.8 Å². The normalized spacial score (nSPS) is 21.6. The molecule has 100 valence electrons. The Morgan fingerprint density at radius 1 is 1.61 bits per heavy atom. The highest BCUT2D eigenvalue weighted by atomic mass is 79.9. The number of halogens is 1. The maximum Gasteiger partial charge on any atom is 0.328 e.